The topological polar surface area (TPSA) is 57.9 Å². The molecular formula is C19H34N6O. The van der Waals surface area contributed by atoms with Crippen LogP contribution in [0.2, 0.25) is 0 Å². The van der Waals surface area contributed by atoms with Gasteiger partial charge in [-0.3, -0.25) is 14.6 Å². The van der Waals surface area contributed by atoms with Crippen molar-refractivity contribution in [1.29, 1.82) is 0 Å². The van der Waals surface area contributed by atoms with Crippen LogP contribution >= 0.6 is 0 Å². The molecule has 0 radical (unpaired) electrons. The smallest absolute Gasteiger partial charge is 0.193 e. The minimum atomic E-state index is 0.630. The van der Waals surface area contributed by atoms with E-state index in [0.717, 1.165) is 70.6 Å². The van der Waals surface area contributed by atoms with Gasteiger partial charge in [-0.05, 0) is 39.2 Å². The van der Waals surface area contributed by atoms with Gasteiger partial charge in [-0.2, -0.15) is 5.10 Å². The van der Waals surface area contributed by atoms with E-state index in [-0.39, 0.29) is 0 Å². The summed E-state index contributed by atoms with van der Waals surface area (Å²) in [7, 11) is 2.01. The summed E-state index contributed by atoms with van der Waals surface area (Å²) in [6.45, 7) is 14.1. The summed E-state index contributed by atoms with van der Waals surface area (Å²) in [5.41, 5.74) is 3.70. The van der Waals surface area contributed by atoms with Gasteiger partial charge in [-0.15, -0.1) is 0 Å². The van der Waals surface area contributed by atoms with Crippen molar-refractivity contribution in [2.75, 3.05) is 52.5 Å². The van der Waals surface area contributed by atoms with E-state index in [0.29, 0.717) is 6.04 Å². The van der Waals surface area contributed by atoms with Crippen LogP contribution < -0.4 is 5.32 Å². The lowest BCUT2D eigenvalue weighted by molar-refractivity contribution is 0.0195. The number of aromatic nitrogens is 2. The average molecular weight is 363 g/mol. The maximum Gasteiger partial charge on any atom is 0.193 e. The predicted octanol–water partition coefficient (Wildman–Crippen LogP) is 0.951. The molecule has 7 heteroatoms. The van der Waals surface area contributed by atoms with E-state index in [2.05, 4.69) is 41.0 Å². The molecule has 3 heterocycles. The first kappa shape index (κ1) is 19.2. The minimum Gasteiger partial charge on any atom is -0.379 e. The number of rotatable bonds is 5. The van der Waals surface area contributed by atoms with Crippen molar-refractivity contribution in [2.24, 2.45) is 12.0 Å². The molecule has 26 heavy (non-hydrogen) atoms. The Morgan fingerprint density at radius 1 is 1.27 bits per heavy atom. The summed E-state index contributed by atoms with van der Waals surface area (Å²) >= 11 is 0. The molecule has 2 fully saturated rings. The van der Waals surface area contributed by atoms with Gasteiger partial charge < -0.3 is 15.0 Å². The highest BCUT2D eigenvalue weighted by atomic mass is 16.5. The monoisotopic (exact) mass is 362 g/mol. The lowest BCUT2D eigenvalue weighted by atomic mass is 10.1. The van der Waals surface area contributed by atoms with Crippen LogP contribution in [0.1, 0.15) is 30.3 Å². The van der Waals surface area contributed by atoms with E-state index in [9.17, 15) is 0 Å². The molecule has 1 aromatic rings. The molecule has 0 aromatic carbocycles. The summed E-state index contributed by atoms with van der Waals surface area (Å²) in [5.74, 6) is 1.06. The quantitative estimate of drug-likeness (QED) is 0.624. The third kappa shape index (κ3) is 4.38. The van der Waals surface area contributed by atoms with Crippen LogP contribution in [-0.2, 0) is 18.2 Å². The molecule has 0 saturated carbocycles. The van der Waals surface area contributed by atoms with Crippen molar-refractivity contribution in [3.8, 4) is 0 Å². The molecule has 1 N–H and O–H groups in total. The number of aliphatic imine (C=N–C) groups is 1. The van der Waals surface area contributed by atoms with Crippen molar-refractivity contribution >= 4 is 5.96 Å². The molecule has 2 aliphatic heterocycles. The van der Waals surface area contributed by atoms with Crippen LogP contribution in [-0.4, -0.2) is 84.1 Å². The molecule has 2 aliphatic rings. The number of guanidine groups is 1. The molecule has 0 amide bonds. The van der Waals surface area contributed by atoms with Crippen LogP contribution in [0.25, 0.3) is 0 Å². The largest absolute Gasteiger partial charge is 0.379 e. The summed E-state index contributed by atoms with van der Waals surface area (Å²) in [6, 6.07) is 0.630. The Kier molecular flexibility index (Phi) is 6.53. The molecular weight excluding hydrogens is 328 g/mol. The standard InChI is InChI=1S/C19H34N6O/c1-5-20-19(21-8-6-18-15(2)22-23(4)16(18)3)25-9-7-17(14-25)24-10-12-26-13-11-24/h17H,5-14H2,1-4H3,(H,20,21). The van der Waals surface area contributed by atoms with Gasteiger partial charge in [-0.25, -0.2) is 0 Å². The number of ether oxygens (including phenoxy) is 1. The molecule has 0 spiro atoms. The molecule has 3 rings (SSSR count). The molecule has 0 bridgehead atoms. The zero-order valence-electron chi connectivity index (χ0n) is 16.8. The van der Waals surface area contributed by atoms with E-state index in [1.54, 1.807) is 0 Å². The fourth-order valence-electron chi connectivity index (χ4n) is 4.05. The van der Waals surface area contributed by atoms with Gasteiger partial charge in [0.05, 0.1) is 18.9 Å². The maximum atomic E-state index is 5.49. The van der Waals surface area contributed by atoms with E-state index < -0.39 is 0 Å². The Hall–Kier alpha value is -1.60. The average Bonchev–Trinajstić information content (AvgIpc) is 3.22. The second kappa shape index (κ2) is 8.86. The van der Waals surface area contributed by atoms with Crippen LogP contribution in [0, 0.1) is 13.8 Å². The van der Waals surface area contributed by atoms with E-state index in [1.165, 1.54) is 17.7 Å². The highest BCUT2D eigenvalue weighted by Crippen LogP contribution is 2.17. The number of likely N-dealkylation sites (tertiary alicyclic amines) is 1. The Morgan fingerprint density at radius 3 is 2.69 bits per heavy atom. The normalized spacial score (nSPS) is 22.2. The van der Waals surface area contributed by atoms with Crippen LogP contribution in [0.5, 0.6) is 0 Å². The van der Waals surface area contributed by atoms with E-state index in [4.69, 9.17) is 9.73 Å². The fraction of sp³-hybridized carbons (Fsp3) is 0.789. The summed E-state index contributed by atoms with van der Waals surface area (Å²) in [4.78, 5) is 9.92. The molecule has 146 valence electrons. The Labute approximate surface area is 157 Å². The van der Waals surface area contributed by atoms with Crippen molar-refractivity contribution < 1.29 is 4.74 Å². The van der Waals surface area contributed by atoms with Crippen molar-refractivity contribution in [3.63, 3.8) is 0 Å². The van der Waals surface area contributed by atoms with Crippen molar-refractivity contribution in [1.82, 2.24) is 24.9 Å². The molecule has 7 nitrogen and oxygen atoms in total. The van der Waals surface area contributed by atoms with Crippen LogP contribution in [0.4, 0.5) is 0 Å². The first-order chi connectivity index (χ1) is 12.6. The van der Waals surface area contributed by atoms with Gasteiger partial charge >= 0.3 is 0 Å². The molecule has 1 atom stereocenters. The number of aryl methyl sites for hydroxylation is 2. The number of nitrogens with zero attached hydrogens (tertiary/aromatic N) is 5. The third-order valence-corrected chi connectivity index (χ3v) is 5.64. The SMILES string of the molecule is CCNC(=NCCc1c(C)nn(C)c1C)N1CCC(N2CCOCC2)C1. The summed E-state index contributed by atoms with van der Waals surface area (Å²) < 4.78 is 7.46. The lowest BCUT2D eigenvalue weighted by Gasteiger charge is -2.32. The van der Waals surface area contributed by atoms with Gasteiger partial charge in [0.1, 0.15) is 0 Å². The number of morpholine rings is 1. The zero-order valence-corrected chi connectivity index (χ0v) is 16.8. The number of hydrogen-bond donors (Lipinski definition) is 1. The second-order valence-electron chi connectivity index (χ2n) is 7.30. The van der Waals surface area contributed by atoms with Crippen molar-refractivity contribution in [3.05, 3.63) is 17.0 Å². The lowest BCUT2D eigenvalue weighted by Crippen LogP contribution is -2.46. The predicted molar refractivity (Wildman–Crippen MR) is 105 cm³/mol. The second-order valence-corrected chi connectivity index (χ2v) is 7.30. The van der Waals surface area contributed by atoms with E-state index >= 15 is 0 Å². The van der Waals surface area contributed by atoms with Gasteiger partial charge in [0.15, 0.2) is 5.96 Å². The molecule has 0 aliphatic carbocycles. The molecule has 2 saturated heterocycles. The first-order valence-corrected chi connectivity index (χ1v) is 9.94. The Balaban J connectivity index is 1.58. The Morgan fingerprint density at radius 2 is 2.04 bits per heavy atom. The first-order valence-electron chi connectivity index (χ1n) is 9.94. The highest BCUT2D eigenvalue weighted by Gasteiger charge is 2.30. The maximum absolute atomic E-state index is 5.49. The van der Waals surface area contributed by atoms with Gasteiger partial charge in [-0.1, -0.05) is 0 Å². The van der Waals surface area contributed by atoms with Crippen LogP contribution in [0.15, 0.2) is 4.99 Å². The van der Waals surface area contributed by atoms with Gasteiger partial charge in [0, 0.05) is 58.1 Å². The minimum absolute atomic E-state index is 0.630. The van der Waals surface area contributed by atoms with Gasteiger partial charge in [0.25, 0.3) is 0 Å². The Bertz CT molecular complexity index is 620. The zero-order chi connectivity index (χ0) is 18.5. The third-order valence-electron chi connectivity index (χ3n) is 5.64. The summed E-state index contributed by atoms with van der Waals surface area (Å²) in [6.07, 6.45) is 2.16. The fourth-order valence-corrected chi connectivity index (χ4v) is 4.05. The van der Waals surface area contributed by atoms with Gasteiger partial charge in [0.2, 0.25) is 0 Å². The highest BCUT2D eigenvalue weighted by molar-refractivity contribution is 5.80. The van der Waals surface area contributed by atoms with Crippen LogP contribution in [0.3, 0.4) is 0 Å². The molecule has 1 unspecified atom stereocenters. The summed E-state index contributed by atoms with van der Waals surface area (Å²) in [5, 5.41) is 7.99. The molecule has 1 aromatic heterocycles. The number of nitrogens with one attached hydrogen (secondary N) is 1. The van der Waals surface area contributed by atoms with E-state index in [1.807, 2.05) is 11.7 Å². The number of hydrogen-bond acceptors (Lipinski definition) is 4. The van der Waals surface area contributed by atoms with Crippen molar-refractivity contribution in [2.45, 2.75) is 39.7 Å².